The van der Waals surface area contributed by atoms with Gasteiger partial charge in [-0.3, -0.25) is 33.6 Å². The van der Waals surface area contributed by atoms with Crippen LogP contribution in [0.25, 0.3) is 0 Å². The van der Waals surface area contributed by atoms with Crippen molar-refractivity contribution in [3.05, 3.63) is 11.6 Å². The Morgan fingerprint density at radius 2 is 1.17 bits per heavy atom. The lowest BCUT2D eigenvalue weighted by molar-refractivity contribution is -0.359. The quantitative estimate of drug-likeness (QED) is 0.0933. The van der Waals surface area contributed by atoms with Gasteiger partial charge in [0.25, 0.3) is 0 Å². The number of methoxy groups -OCH3 is 2. The smallest absolute Gasteiger partial charge is 0.316 e. The van der Waals surface area contributed by atoms with Crippen LogP contribution in [-0.4, -0.2) is 124 Å². The molecule has 7 aliphatic rings. The fourth-order valence-electron chi connectivity index (χ4n) is 15.6. The van der Waals surface area contributed by atoms with Crippen molar-refractivity contribution in [2.45, 2.75) is 202 Å². The van der Waals surface area contributed by atoms with Crippen LogP contribution >= 0.6 is 0 Å². The molecule has 0 amide bonds. The first-order chi connectivity index (χ1) is 33.2. The van der Waals surface area contributed by atoms with Crippen molar-refractivity contribution < 1.29 is 85.7 Å². The first-order valence-electron chi connectivity index (χ1n) is 25.6. The second kappa shape index (κ2) is 20.3. The molecule has 2 saturated heterocycles. The highest BCUT2D eigenvalue weighted by Gasteiger charge is 2.74. The lowest BCUT2D eigenvalue weighted by atomic mass is 9.33. The maximum absolute atomic E-state index is 14.8. The molecule has 2 heterocycles. The summed E-state index contributed by atoms with van der Waals surface area (Å²) in [6.07, 6.45) is -3.71. The Labute approximate surface area is 417 Å². The molecule has 18 heteroatoms. The third kappa shape index (κ3) is 9.31. The molecule has 4 saturated carbocycles. The summed E-state index contributed by atoms with van der Waals surface area (Å²) < 4.78 is 66.0. The van der Waals surface area contributed by atoms with Gasteiger partial charge in [0.05, 0.1) is 43.9 Å². The predicted molar refractivity (Wildman–Crippen MR) is 249 cm³/mol. The van der Waals surface area contributed by atoms with Crippen LogP contribution in [-0.2, 0) is 85.7 Å². The number of fused-ring (bicyclic) bond motifs is 7. The number of esters is 7. The molecule has 398 valence electrons. The summed E-state index contributed by atoms with van der Waals surface area (Å²) in [6, 6.07) is 0. The molecular formula is C53H78O18. The van der Waals surface area contributed by atoms with Crippen molar-refractivity contribution in [3.63, 3.8) is 0 Å². The van der Waals surface area contributed by atoms with Crippen molar-refractivity contribution in [2.24, 2.45) is 56.7 Å². The zero-order chi connectivity index (χ0) is 52.3. The van der Waals surface area contributed by atoms with Gasteiger partial charge in [0.15, 0.2) is 43.1 Å². The van der Waals surface area contributed by atoms with Gasteiger partial charge >= 0.3 is 41.8 Å². The first kappa shape index (κ1) is 54.6. The highest BCUT2D eigenvalue weighted by atomic mass is 16.8. The van der Waals surface area contributed by atoms with E-state index in [0.717, 1.165) is 57.9 Å². The van der Waals surface area contributed by atoms with Crippen molar-refractivity contribution in [1.29, 1.82) is 0 Å². The van der Waals surface area contributed by atoms with Gasteiger partial charge in [0, 0.05) is 34.6 Å². The first-order valence-corrected chi connectivity index (χ1v) is 25.6. The van der Waals surface area contributed by atoms with E-state index in [4.69, 9.17) is 52.1 Å². The van der Waals surface area contributed by atoms with Gasteiger partial charge in [0.2, 0.25) is 0 Å². The number of hydrogen-bond donors (Lipinski definition) is 0. The number of hydrogen-bond acceptors (Lipinski definition) is 18. The number of rotatable bonds is 11. The lowest BCUT2D eigenvalue weighted by Gasteiger charge is -2.71. The molecule has 5 aliphatic carbocycles. The van der Waals surface area contributed by atoms with Crippen molar-refractivity contribution >= 4 is 41.8 Å². The molecule has 0 aromatic heterocycles. The van der Waals surface area contributed by atoms with E-state index in [0.29, 0.717) is 25.2 Å². The second-order valence-corrected chi connectivity index (χ2v) is 22.8. The largest absolute Gasteiger partial charge is 0.469 e. The third-order valence-electron chi connectivity index (χ3n) is 18.7. The van der Waals surface area contributed by atoms with Gasteiger partial charge in [-0.05, 0) is 111 Å². The summed E-state index contributed by atoms with van der Waals surface area (Å²) in [5.41, 5.74) is -1.89. The average Bonchev–Trinajstić information content (AvgIpc) is 3.28. The van der Waals surface area contributed by atoms with Gasteiger partial charge in [0.1, 0.15) is 6.10 Å². The molecule has 2 aliphatic heterocycles. The van der Waals surface area contributed by atoms with E-state index < -0.39 is 113 Å². The lowest BCUT2D eigenvalue weighted by Crippen LogP contribution is -2.68. The SMILES string of the molecule is COC(=O)[C@]12CC[C@@H](C)[C@H](C)[C@H]1C1=CC[C@@H]3[C@@]4(C)CC[C@H](O[C@@H]5O[C@@H](C)[C@H](OC(C)=O)[C@@H](O[C@@H]6OC[C@@H](OC(C)=O)[C@H](OC(C)=O)[C@H]6OC(C)=O)[C@H]5OC(C)=O)C(C)(C)[C@@H]4CC[C@@]3(C)[C@]1(C(=O)OC)CC2. The summed E-state index contributed by atoms with van der Waals surface area (Å²) in [5.74, 6) is -3.60. The highest BCUT2D eigenvalue weighted by Crippen LogP contribution is 2.76. The van der Waals surface area contributed by atoms with E-state index in [1.807, 2.05) is 0 Å². The minimum Gasteiger partial charge on any atom is -0.469 e. The topological polar surface area (TPSA) is 221 Å². The maximum Gasteiger partial charge on any atom is 0.316 e. The van der Waals surface area contributed by atoms with Gasteiger partial charge < -0.3 is 52.1 Å². The monoisotopic (exact) mass is 1000 g/mol. The van der Waals surface area contributed by atoms with E-state index in [-0.39, 0.29) is 47.6 Å². The summed E-state index contributed by atoms with van der Waals surface area (Å²) in [5, 5.41) is 0. The van der Waals surface area contributed by atoms with Crippen LogP contribution in [0.3, 0.4) is 0 Å². The molecule has 0 N–H and O–H groups in total. The highest BCUT2D eigenvalue weighted by molar-refractivity contribution is 5.86. The van der Waals surface area contributed by atoms with E-state index >= 15 is 0 Å². The summed E-state index contributed by atoms with van der Waals surface area (Å²) in [4.78, 5) is 91.6. The zero-order valence-corrected chi connectivity index (χ0v) is 44.2. The van der Waals surface area contributed by atoms with Gasteiger partial charge in [-0.2, -0.15) is 0 Å². The third-order valence-corrected chi connectivity index (χ3v) is 18.7. The van der Waals surface area contributed by atoms with Crippen LogP contribution in [0.1, 0.15) is 141 Å². The van der Waals surface area contributed by atoms with Gasteiger partial charge in [-0.1, -0.05) is 53.2 Å². The van der Waals surface area contributed by atoms with Crippen LogP contribution in [0.4, 0.5) is 0 Å². The minimum absolute atomic E-state index is 0.0673. The minimum atomic E-state index is -1.53. The molecule has 0 aromatic carbocycles. The molecule has 0 spiro atoms. The number of carbonyl (C=O) groups excluding carboxylic acids is 7. The van der Waals surface area contributed by atoms with Crippen LogP contribution in [0.5, 0.6) is 0 Å². The molecule has 6 fully saturated rings. The van der Waals surface area contributed by atoms with Crippen molar-refractivity contribution in [2.75, 3.05) is 20.8 Å². The van der Waals surface area contributed by atoms with Gasteiger partial charge in [-0.25, -0.2) is 0 Å². The van der Waals surface area contributed by atoms with Crippen LogP contribution in [0.15, 0.2) is 11.6 Å². The van der Waals surface area contributed by atoms with E-state index in [9.17, 15) is 33.6 Å². The second-order valence-electron chi connectivity index (χ2n) is 22.8. The molecule has 0 unspecified atom stereocenters. The Bertz CT molecular complexity index is 2120. The van der Waals surface area contributed by atoms with Crippen LogP contribution in [0.2, 0.25) is 0 Å². The molecule has 0 bridgehead atoms. The summed E-state index contributed by atoms with van der Waals surface area (Å²) in [6.45, 7) is 20.7. The molecule has 0 aromatic rings. The van der Waals surface area contributed by atoms with Crippen molar-refractivity contribution in [1.82, 2.24) is 0 Å². The van der Waals surface area contributed by atoms with E-state index in [1.165, 1.54) is 35.0 Å². The summed E-state index contributed by atoms with van der Waals surface area (Å²) in [7, 11) is 2.96. The Hall–Kier alpha value is -4.13. The molecule has 19 atom stereocenters. The molecule has 0 radical (unpaired) electrons. The fourth-order valence-corrected chi connectivity index (χ4v) is 15.6. The maximum atomic E-state index is 14.8. The van der Waals surface area contributed by atoms with E-state index in [1.54, 1.807) is 6.92 Å². The molecular weight excluding hydrogens is 925 g/mol. The van der Waals surface area contributed by atoms with Crippen molar-refractivity contribution in [3.8, 4) is 0 Å². The number of allylic oxidation sites excluding steroid dienone is 1. The number of ether oxygens (including phenoxy) is 11. The van der Waals surface area contributed by atoms with Gasteiger partial charge in [-0.15, -0.1) is 0 Å². The Kier molecular flexibility index (Phi) is 15.6. The molecule has 7 rings (SSSR count). The number of carbonyl (C=O) groups is 7. The Morgan fingerprint density at radius 3 is 1.76 bits per heavy atom. The van der Waals surface area contributed by atoms with Crippen LogP contribution < -0.4 is 0 Å². The Balaban J connectivity index is 1.21. The summed E-state index contributed by atoms with van der Waals surface area (Å²) >= 11 is 0. The normalized spacial score (nSPS) is 43.5. The predicted octanol–water partition coefficient (Wildman–Crippen LogP) is 6.50. The molecule has 18 nitrogen and oxygen atoms in total. The van der Waals surface area contributed by atoms with Crippen LogP contribution in [0, 0.1) is 56.7 Å². The Morgan fingerprint density at radius 1 is 0.592 bits per heavy atom. The zero-order valence-electron chi connectivity index (χ0n) is 44.2. The standard InChI is InChI=1S/C53H78O18/c1-26-17-22-52(47(59)61-13)23-24-53(48(60)62-14)34(39(52)27(26)2)15-16-37-50(11)20-19-38(49(9,10)36(50)18-21-51(37,53)12)70-46-44(69-33(8)58)42(40(28(3)64-46)66-30(5)55)71-45-43(68-32(7)57)41(67-31(6)56)35(25-63-45)65-29(4)54/h15,26-28,35-46H,16-25H2,1-14H3/t26-,27+,28+,35-,36+,37-,38+,39+,40+,41+,42-,43-,44-,45+,46+,50+,51-,52+,53-/m1/s1. The fraction of sp³-hybridized carbons (Fsp3) is 0.830. The molecule has 71 heavy (non-hydrogen) atoms. The van der Waals surface area contributed by atoms with E-state index in [2.05, 4.69) is 47.6 Å². The average molecular weight is 1000 g/mol.